The summed E-state index contributed by atoms with van der Waals surface area (Å²) in [5.41, 5.74) is 0. The fourth-order valence-corrected chi connectivity index (χ4v) is 2.59. The van der Waals surface area contributed by atoms with E-state index in [0.717, 1.165) is 19.5 Å². The number of nitrogens with one attached hydrogen (secondary N) is 2. The van der Waals surface area contributed by atoms with Crippen LogP contribution >= 0.6 is 0 Å². The van der Waals surface area contributed by atoms with Crippen molar-refractivity contribution in [2.45, 2.75) is 44.7 Å². The smallest absolute Gasteiger partial charge is 0.237 e. The van der Waals surface area contributed by atoms with E-state index in [1.54, 1.807) is 0 Å². The molecule has 1 aliphatic heterocycles. The molecule has 0 bridgehead atoms. The summed E-state index contributed by atoms with van der Waals surface area (Å²) in [6.07, 6.45) is 9.90. The molecular formula is C14H25N3O. The Bertz CT molecular complexity index is 298. The van der Waals surface area contributed by atoms with Gasteiger partial charge in [-0.2, -0.15) is 0 Å². The Hall–Kier alpha value is -1.05. The zero-order valence-corrected chi connectivity index (χ0v) is 11.5. The van der Waals surface area contributed by atoms with E-state index in [0.29, 0.717) is 12.6 Å². The number of rotatable bonds is 6. The number of hydrogen-bond acceptors (Lipinski definition) is 3. The number of likely N-dealkylation sites (tertiary alicyclic amines) is 1. The molecule has 2 atom stereocenters. The minimum absolute atomic E-state index is 0.0457. The summed E-state index contributed by atoms with van der Waals surface area (Å²) in [7, 11) is 1.97. The van der Waals surface area contributed by atoms with Gasteiger partial charge in [0.2, 0.25) is 5.91 Å². The first-order chi connectivity index (χ1) is 8.70. The van der Waals surface area contributed by atoms with Crippen LogP contribution < -0.4 is 10.6 Å². The quantitative estimate of drug-likeness (QED) is 0.679. The molecule has 1 rings (SSSR count). The third kappa shape index (κ3) is 4.32. The van der Waals surface area contributed by atoms with Gasteiger partial charge in [-0.1, -0.05) is 12.3 Å². The highest BCUT2D eigenvalue weighted by Gasteiger charge is 2.29. The van der Waals surface area contributed by atoms with Gasteiger partial charge in [0.1, 0.15) is 0 Å². The Kier molecular flexibility index (Phi) is 6.77. The lowest BCUT2D eigenvalue weighted by Crippen LogP contribution is -2.52. The third-order valence-corrected chi connectivity index (χ3v) is 3.64. The van der Waals surface area contributed by atoms with Gasteiger partial charge in [-0.05, 0) is 46.3 Å². The van der Waals surface area contributed by atoms with Crippen LogP contribution in [0.2, 0.25) is 0 Å². The minimum Gasteiger partial charge on any atom is -0.344 e. The van der Waals surface area contributed by atoms with Crippen LogP contribution in [-0.4, -0.2) is 49.6 Å². The predicted octanol–water partition coefficient (Wildman–Crippen LogP) is 0.588. The molecule has 0 aromatic rings. The minimum atomic E-state index is -0.0829. The lowest BCUT2D eigenvalue weighted by Gasteiger charge is -2.39. The second kappa shape index (κ2) is 8.12. The molecule has 102 valence electrons. The topological polar surface area (TPSA) is 44.4 Å². The maximum atomic E-state index is 12.0. The van der Waals surface area contributed by atoms with Gasteiger partial charge in [0, 0.05) is 6.04 Å². The molecule has 1 amide bonds. The lowest BCUT2D eigenvalue weighted by molar-refractivity contribution is -0.127. The summed E-state index contributed by atoms with van der Waals surface area (Å²) in [6, 6.07) is 0.429. The number of nitrogens with zero attached hydrogens (tertiary/aromatic N) is 1. The molecule has 4 nitrogen and oxygen atoms in total. The highest BCUT2D eigenvalue weighted by Crippen LogP contribution is 2.21. The first-order valence-corrected chi connectivity index (χ1v) is 6.82. The average Bonchev–Trinajstić information content (AvgIpc) is 2.42. The zero-order valence-electron chi connectivity index (χ0n) is 11.5. The zero-order chi connectivity index (χ0) is 13.4. The Morgan fingerprint density at radius 2 is 2.33 bits per heavy atom. The van der Waals surface area contributed by atoms with Crippen LogP contribution in [0.25, 0.3) is 0 Å². The molecule has 1 aliphatic rings. The fraction of sp³-hybridized carbons (Fsp3) is 0.786. The van der Waals surface area contributed by atoms with Crippen LogP contribution in [-0.2, 0) is 4.79 Å². The predicted molar refractivity (Wildman–Crippen MR) is 74.2 cm³/mol. The van der Waals surface area contributed by atoms with Crippen molar-refractivity contribution >= 4 is 5.91 Å². The van der Waals surface area contributed by atoms with Gasteiger partial charge >= 0.3 is 0 Å². The van der Waals surface area contributed by atoms with Crippen LogP contribution in [0.15, 0.2) is 0 Å². The summed E-state index contributed by atoms with van der Waals surface area (Å²) in [6.45, 7) is 4.31. The monoisotopic (exact) mass is 251 g/mol. The molecule has 1 heterocycles. The molecule has 1 fully saturated rings. The van der Waals surface area contributed by atoms with Gasteiger partial charge in [-0.15, -0.1) is 6.42 Å². The number of carbonyl (C=O) groups excluding carboxylic acids is 1. The van der Waals surface area contributed by atoms with Gasteiger partial charge in [0.25, 0.3) is 0 Å². The van der Waals surface area contributed by atoms with Gasteiger partial charge < -0.3 is 10.6 Å². The van der Waals surface area contributed by atoms with Crippen molar-refractivity contribution in [2.75, 3.05) is 26.7 Å². The van der Waals surface area contributed by atoms with Crippen LogP contribution in [0.1, 0.15) is 32.6 Å². The Balaban J connectivity index is 2.53. The van der Waals surface area contributed by atoms with Crippen molar-refractivity contribution in [3.8, 4) is 12.3 Å². The average molecular weight is 251 g/mol. The summed E-state index contributed by atoms with van der Waals surface area (Å²) < 4.78 is 0. The summed E-state index contributed by atoms with van der Waals surface area (Å²) in [4.78, 5) is 14.3. The van der Waals surface area contributed by atoms with E-state index in [1.165, 1.54) is 19.3 Å². The molecule has 18 heavy (non-hydrogen) atoms. The van der Waals surface area contributed by atoms with Crippen molar-refractivity contribution < 1.29 is 4.79 Å². The van der Waals surface area contributed by atoms with Crippen LogP contribution in [0.3, 0.4) is 0 Å². The van der Waals surface area contributed by atoms with Gasteiger partial charge in [0.05, 0.1) is 12.6 Å². The highest BCUT2D eigenvalue weighted by atomic mass is 16.2. The molecule has 0 aromatic carbocycles. The lowest BCUT2D eigenvalue weighted by atomic mass is 9.97. The van der Waals surface area contributed by atoms with E-state index in [1.807, 2.05) is 14.0 Å². The Labute approximate surface area is 110 Å². The first-order valence-electron chi connectivity index (χ1n) is 6.82. The molecule has 0 radical (unpaired) electrons. The van der Waals surface area contributed by atoms with E-state index < -0.39 is 0 Å². The molecule has 4 heteroatoms. The summed E-state index contributed by atoms with van der Waals surface area (Å²) in [5.74, 6) is 2.49. The third-order valence-electron chi connectivity index (χ3n) is 3.64. The fourth-order valence-electron chi connectivity index (χ4n) is 2.59. The van der Waals surface area contributed by atoms with Gasteiger partial charge in [-0.25, -0.2) is 0 Å². The van der Waals surface area contributed by atoms with Crippen LogP contribution in [0, 0.1) is 12.3 Å². The van der Waals surface area contributed by atoms with Crippen LogP contribution in [0.4, 0.5) is 0 Å². The molecule has 0 saturated carbocycles. The number of amides is 1. The number of carbonyl (C=O) groups is 1. The van der Waals surface area contributed by atoms with Gasteiger partial charge in [0.15, 0.2) is 0 Å². The number of terminal acetylenes is 1. The van der Waals surface area contributed by atoms with E-state index >= 15 is 0 Å². The summed E-state index contributed by atoms with van der Waals surface area (Å²) in [5, 5.41) is 5.96. The molecule has 0 aromatic heterocycles. The van der Waals surface area contributed by atoms with Crippen molar-refractivity contribution in [3.63, 3.8) is 0 Å². The second-order valence-electron chi connectivity index (χ2n) is 4.88. The second-order valence-corrected chi connectivity index (χ2v) is 4.88. The highest BCUT2D eigenvalue weighted by molar-refractivity contribution is 5.81. The van der Waals surface area contributed by atoms with Gasteiger partial charge in [-0.3, -0.25) is 9.69 Å². The van der Waals surface area contributed by atoms with E-state index in [2.05, 4.69) is 21.5 Å². The maximum absolute atomic E-state index is 12.0. The first kappa shape index (κ1) is 15.0. The van der Waals surface area contributed by atoms with E-state index in [4.69, 9.17) is 6.42 Å². The largest absolute Gasteiger partial charge is 0.344 e. The van der Waals surface area contributed by atoms with E-state index in [-0.39, 0.29) is 11.9 Å². The standard InChI is InChI=1S/C14H25N3O/c1-4-9-16-14(18)12(2)17-11-6-5-7-13(17)8-10-15-3/h1,12-13,15H,5-11H2,2-3H3,(H,16,18). The van der Waals surface area contributed by atoms with Crippen molar-refractivity contribution in [3.05, 3.63) is 0 Å². The normalized spacial score (nSPS) is 22.2. The molecular weight excluding hydrogens is 226 g/mol. The molecule has 0 spiro atoms. The Morgan fingerprint density at radius 1 is 1.56 bits per heavy atom. The van der Waals surface area contributed by atoms with E-state index in [9.17, 15) is 4.79 Å². The molecule has 2 N–H and O–H groups in total. The van der Waals surface area contributed by atoms with Crippen molar-refractivity contribution in [1.29, 1.82) is 0 Å². The van der Waals surface area contributed by atoms with Crippen molar-refractivity contribution in [2.24, 2.45) is 0 Å². The summed E-state index contributed by atoms with van der Waals surface area (Å²) >= 11 is 0. The Morgan fingerprint density at radius 3 is 3.00 bits per heavy atom. The maximum Gasteiger partial charge on any atom is 0.237 e. The molecule has 2 unspecified atom stereocenters. The van der Waals surface area contributed by atoms with Crippen molar-refractivity contribution in [1.82, 2.24) is 15.5 Å². The SMILES string of the molecule is C#CCNC(=O)C(C)N1CCCCC1CCNC. The number of hydrogen-bond donors (Lipinski definition) is 2. The molecule has 0 aliphatic carbocycles. The number of piperidine rings is 1. The molecule has 1 saturated heterocycles. The van der Waals surface area contributed by atoms with Crippen LogP contribution in [0.5, 0.6) is 0 Å².